The molecule has 0 radical (unpaired) electrons. The lowest BCUT2D eigenvalue weighted by molar-refractivity contribution is -0.168. The van der Waals surface area contributed by atoms with Crippen molar-refractivity contribution < 1.29 is 47.4 Å². The number of amides is 6. The third-order valence-corrected chi connectivity index (χ3v) is 10.8. The molecule has 6 N–H and O–H groups in total. The molecule has 6 atom stereocenters. The van der Waals surface area contributed by atoms with Crippen LogP contribution in [-0.2, 0) is 36.9 Å². The van der Waals surface area contributed by atoms with Gasteiger partial charge in [-0.05, 0) is 54.7 Å². The smallest absolute Gasteiger partial charge is 0.410 e. The average Bonchev–Trinajstić information content (AvgIpc) is 3.27. The Labute approximate surface area is 366 Å². The standard InChI is InChI=1S/C45H60F2N8O8/c1-7-13-34(39(57)45(46,47)43(61)51-29(6)30-14-9-8-10-15-30)52-36(56)19-18-33(63-44(62)55-23-20-31-16-11-12-17-32(31)26-55)24-50-41(59)37(27(2)3)54-42(60)38(28(4)5)53-40(58)35-25-48-21-22-49-35/h8-12,14-17,21-22,25,27-29,33-34,37-39,57H,7,13,18-20,23-24,26H2,1-6H3,(H,50,59)(H,51,61)(H,52,56)(H,53,58)(H,54,60)/t29-,33+,34-,37-,38-,39?/m0/s1. The van der Waals surface area contributed by atoms with Crippen LogP contribution in [0.15, 0.2) is 73.2 Å². The summed E-state index contributed by atoms with van der Waals surface area (Å²) in [6.07, 6.45) is -0.156. The van der Waals surface area contributed by atoms with Crippen molar-refractivity contribution in [2.24, 2.45) is 11.8 Å². The van der Waals surface area contributed by atoms with Crippen LogP contribution >= 0.6 is 0 Å². The lowest BCUT2D eigenvalue weighted by Gasteiger charge is -2.31. The molecule has 6 amide bonds. The topological polar surface area (TPSA) is 221 Å². The van der Waals surface area contributed by atoms with Gasteiger partial charge < -0.3 is 41.3 Å². The average molecular weight is 879 g/mol. The summed E-state index contributed by atoms with van der Waals surface area (Å²) < 4.78 is 36.8. The second-order valence-corrected chi connectivity index (χ2v) is 16.4. The van der Waals surface area contributed by atoms with E-state index in [9.17, 15) is 33.9 Å². The van der Waals surface area contributed by atoms with E-state index in [-0.39, 0.29) is 50.4 Å². The van der Waals surface area contributed by atoms with Gasteiger partial charge in [0.25, 0.3) is 11.8 Å². The predicted molar refractivity (Wildman–Crippen MR) is 229 cm³/mol. The molecule has 0 saturated carbocycles. The Morgan fingerprint density at radius 1 is 0.825 bits per heavy atom. The van der Waals surface area contributed by atoms with Gasteiger partial charge in [-0.2, -0.15) is 8.78 Å². The van der Waals surface area contributed by atoms with E-state index in [0.717, 1.165) is 11.1 Å². The first-order valence-corrected chi connectivity index (χ1v) is 21.3. The molecule has 2 aromatic carbocycles. The molecule has 0 aliphatic carbocycles. The fourth-order valence-electron chi connectivity index (χ4n) is 7.04. The number of ether oxygens (including phenoxy) is 1. The van der Waals surface area contributed by atoms with Crippen LogP contribution in [0.1, 0.15) is 100 Å². The van der Waals surface area contributed by atoms with Gasteiger partial charge >= 0.3 is 12.0 Å². The normalized spacial score (nSPS) is 15.4. The molecule has 1 aliphatic rings. The number of nitrogens with zero attached hydrogens (tertiary/aromatic N) is 3. The Hall–Kier alpha value is -6.04. The highest BCUT2D eigenvalue weighted by molar-refractivity contribution is 5.97. The summed E-state index contributed by atoms with van der Waals surface area (Å²) in [5.74, 6) is -9.46. The SMILES string of the molecule is CCC[C@H](NC(=O)CC[C@H](CNC(=O)[C@@H](NC(=O)[C@@H](NC(=O)c1cnccn1)C(C)C)C(C)C)OC(=O)N1CCc2ccccc2C1)C(O)C(F)(F)C(=O)N[C@@H](C)c1ccccc1. The summed E-state index contributed by atoms with van der Waals surface area (Å²) in [5, 5.41) is 23.6. The van der Waals surface area contributed by atoms with E-state index in [2.05, 4.69) is 36.6 Å². The van der Waals surface area contributed by atoms with Crippen LogP contribution in [0.2, 0.25) is 0 Å². The van der Waals surface area contributed by atoms with Crippen LogP contribution in [0.4, 0.5) is 13.6 Å². The first-order valence-electron chi connectivity index (χ1n) is 21.3. The summed E-state index contributed by atoms with van der Waals surface area (Å²) in [6.45, 7) is 10.4. The number of hydrogen-bond acceptors (Lipinski definition) is 10. The van der Waals surface area contributed by atoms with Crippen LogP contribution in [0.25, 0.3) is 0 Å². The largest absolute Gasteiger partial charge is 0.444 e. The monoisotopic (exact) mass is 878 g/mol. The van der Waals surface area contributed by atoms with Gasteiger partial charge in [-0.15, -0.1) is 0 Å². The number of nitrogens with one attached hydrogen (secondary N) is 5. The Morgan fingerprint density at radius 3 is 2.11 bits per heavy atom. The van der Waals surface area contributed by atoms with Crippen LogP contribution in [-0.4, -0.2) is 105 Å². The molecule has 1 aromatic heterocycles. The second-order valence-electron chi connectivity index (χ2n) is 16.4. The molecular formula is C45H60F2N8O8. The molecule has 1 unspecified atom stereocenters. The third-order valence-electron chi connectivity index (χ3n) is 10.8. The van der Waals surface area contributed by atoms with Crippen molar-refractivity contribution in [2.45, 2.75) is 122 Å². The lowest BCUT2D eigenvalue weighted by atomic mass is 9.98. The maximum absolute atomic E-state index is 15.5. The van der Waals surface area contributed by atoms with Crippen molar-refractivity contribution in [1.29, 1.82) is 0 Å². The van der Waals surface area contributed by atoms with Gasteiger partial charge in [0.05, 0.1) is 24.8 Å². The number of carbonyl (C=O) groups is 6. The van der Waals surface area contributed by atoms with E-state index >= 15 is 8.78 Å². The number of aliphatic hydroxyl groups excluding tert-OH is 1. The Bertz CT molecular complexity index is 2010. The molecule has 0 saturated heterocycles. The Morgan fingerprint density at radius 2 is 1.48 bits per heavy atom. The molecule has 0 bridgehead atoms. The number of benzene rings is 2. The van der Waals surface area contributed by atoms with Gasteiger partial charge in [0, 0.05) is 31.9 Å². The molecular weight excluding hydrogens is 819 g/mol. The van der Waals surface area contributed by atoms with Crippen molar-refractivity contribution in [3.63, 3.8) is 0 Å². The number of alkyl halides is 2. The van der Waals surface area contributed by atoms with Crippen molar-refractivity contribution in [2.75, 3.05) is 13.1 Å². The fraction of sp³-hybridized carbons (Fsp3) is 0.511. The molecule has 18 heteroatoms. The van der Waals surface area contributed by atoms with Crippen LogP contribution in [0.5, 0.6) is 0 Å². The molecule has 4 rings (SSSR count). The van der Waals surface area contributed by atoms with Gasteiger partial charge in [0.15, 0.2) is 0 Å². The number of halogens is 2. The summed E-state index contributed by atoms with van der Waals surface area (Å²) >= 11 is 0. The van der Waals surface area contributed by atoms with Crippen molar-refractivity contribution in [3.8, 4) is 0 Å². The summed E-state index contributed by atoms with van der Waals surface area (Å²) in [4.78, 5) is 89.1. The minimum absolute atomic E-state index is 0.00346. The van der Waals surface area contributed by atoms with E-state index in [1.54, 1.807) is 65.0 Å². The van der Waals surface area contributed by atoms with E-state index in [0.29, 0.717) is 18.5 Å². The maximum Gasteiger partial charge on any atom is 0.410 e. The highest BCUT2D eigenvalue weighted by atomic mass is 19.3. The van der Waals surface area contributed by atoms with Gasteiger partial charge in [-0.3, -0.25) is 29.0 Å². The lowest BCUT2D eigenvalue weighted by Crippen LogP contribution is -2.57. The van der Waals surface area contributed by atoms with Gasteiger partial charge in [-0.25, -0.2) is 9.78 Å². The molecule has 342 valence electrons. The molecule has 2 heterocycles. The third kappa shape index (κ3) is 14.2. The number of hydrogen-bond donors (Lipinski definition) is 6. The Balaban J connectivity index is 1.44. The Kier molecular flexibility index (Phi) is 18.4. The number of fused-ring (bicyclic) bond motifs is 1. The van der Waals surface area contributed by atoms with Crippen LogP contribution in [0.3, 0.4) is 0 Å². The highest BCUT2D eigenvalue weighted by Crippen LogP contribution is 2.26. The zero-order valence-electron chi connectivity index (χ0n) is 36.6. The second kappa shape index (κ2) is 23.4. The highest BCUT2D eigenvalue weighted by Gasteiger charge is 2.50. The number of carbonyl (C=O) groups excluding carboxylic acids is 6. The van der Waals surface area contributed by atoms with Crippen LogP contribution in [0, 0.1) is 11.8 Å². The summed E-state index contributed by atoms with van der Waals surface area (Å²) in [7, 11) is 0. The molecule has 3 aromatic rings. The van der Waals surface area contributed by atoms with E-state index in [4.69, 9.17) is 4.74 Å². The molecule has 0 fully saturated rings. The minimum Gasteiger partial charge on any atom is -0.444 e. The van der Waals surface area contributed by atoms with Crippen molar-refractivity contribution >= 4 is 35.6 Å². The molecule has 16 nitrogen and oxygen atoms in total. The first kappa shape index (κ1) is 49.6. The van der Waals surface area contributed by atoms with Gasteiger partial charge in [0.2, 0.25) is 17.7 Å². The maximum atomic E-state index is 15.5. The van der Waals surface area contributed by atoms with Crippen LogP contribution < -0.4 is 26.6 Å². The van der Waals surface area contributed by atoms with E-state index in [1.165, 1.54) is 30.4 Å². The zero-order valence-corrected chi connectivity index (χ0v) is 36.6. The zero-order chi connectivity index (χ0) is 46.3. The summed E-state index contributed by atoms with van der Waals surface area (Å²) in [5.41, 5.74) is 2.61. The quantitative estimate of drug-likeness (QED) is 0.0904. The predicted octanol–water partition coefficient (Wildman–Crippen LogP) is 3.99. The number of aliphatic hydroxyl groups is 1. The molecule has 1 aliphatic heterocycles. The molecule has 63 heavy (non-hydrogen) atoms. The van der Waals surface area contributed by atoms with E-state index in [1.807, 2.05) is 24.3 Å². The van der Waals surface area contributed by atoms with E-state index < -0.39 is 83.8 Å². The van der Waals surface area contributed by atoms with Crippen molar-refractivity contribution in [3.05, 3.63) is 95.6 Å². The van der Waals surface area contributed by atoms with Crippen molar-refractivity contribution in [1.82, 2.24) is 41.5 Å². The number of rotatable bonds is 21. The minimum atomic E-state index is -4.27. The van der Waals surface area contributed by atoms with Gasteiger partial charge in [0.1, 0.15) is 30.0 Å². The molecule has 0 spiro atoms. The first-order chi connectivity index (χ1) is 29.9. The number of aromatic nitrogens is 2. The summed E-state index contributed by atoms with van der Waals surface area (Å²) in [6, 6.07) is 11.7. The van der Waals surface area contributed by atoms with Gasteiger partial charge in [-0.1, -0.05) is 95.6 Å². The fourth-order valence-corrected chi connectivity index (χ4v) is 7.04.